The van der Waals surface area contributed by atoms with Gasteiger partial charge in [0, 0.05) is 55.1 Å². The van der Waals surface area contributed by atoms with E-state index in [1.807, 2.05) is 67.6 Å². The van der Waals surface area contributed by atoms with Gasteiger partial charge in [-0.2, -0.15) is 48.2 Å². The van der Waals surface area contributed by atoms with Crippen LogP contribution in [0.3, 0.4) is 0 Å². The van der Waals surface area contributed by atoms with Crippen LogP contribution < -0.4 is 131 Å². The quantitative estimate of drug-likeness (QED) is 0.0303. The predicted molar refractivity (Wildman–Crippen MR) is 315 cm³/mol. The Morgan fingerprint density at radius 2 is 0.865 bits per heavy atom. The van der Waals surface area contributed by atoms with Crippen LogP contribution in [0.1, 0.15) is 120 Å². The zero-order valence-electron chi connectivity index (χ0n) is 46.0. The number of ether oxygens (including phenoxy) is 3. The topological polar surface area (TPSA) is 111 Å². The van der Waals surface area contributed by atoms with E-state index in [0.29, 0.717) is 52.4 Å². The van der Waals surface area contributed by atoms with Crippen LogP contribution in [-0.4, -0.2) is 70.2 Å². The maximum atomic E-state index is 10.5. The maximum absolute atomic E-state index is 10.5. The van der Waals surface area contributed by atoms with Gasteiger partial charge in [0.2, 0.25) is 0 Å². The Hall–Kier alpha value is -0.0852. The Morgan fingerprint density at radius 1 is 0.527 bits per heavy atom. The molecule has 6 aromatic rings. The van der Waals surface area contributed by atoms with Gasteiger partial charge in [0.1, 0.15) is 31.4 Å². The molecule has 0 radical (unpaired) electrons. The Bertz CT molecular complexity index is 2170. The number of carbonyl (C=O) groups excluding carboxylic acids is 1. The summed E-state index contributed by atoms with van der Waals surface area (Å²) in [5, 5.41) is 0. The first kappa shape index (κ1) is 78.1. The summed E-state index contributed by atoms with van der Waals surface area (Å²) in [5.41, 5.74) is 6.64. The third-order valence-corrected chi connectivity index (χ3v) is 11.2. The average Bonchev–Trinajstić information content (AvgIpc) is 3.38. The smallest absolute Gasteiger partial charge is 0.870 e. The van der Waals surface area contributed by atoms with Gasteiger partial charge in [0.25, 0.3) is 0 Å². The third kappa shape index (κ3) is 34.8. The van der Waals surface area contributed by atoms with E-state index in [4.69, 9.17) is 25.8 Å². The fraction of sp³-hybridized carbons (Fsp3) is 0.350. The average molecular weight is 1440 g/mol. The second-order valence-corrected chi connectivity index (χ2v) is 29.5. The first-order chi connectivity index (χ1) is 33.8. The molecule has 0 aliphatic rings. The third-order valence-electron chi connectivity index (χ3n) is 11.0. The second-order valence-electron chi connectivity index (χ2n) is 17.4. The van der Waals surface area contributed by atoms with Gasteiger partial charge in [0.05, 0.1) is 11.5 Å². The molecule has 0 aliphatic heterocycles. The summed E-state index contributed by atoms with van der Waals surface area (Å²) in [6.07, 6.45) is 6.03. The van der Waals surface area contributed by atoms with Gasteiger partial charge in [-0.1, -0.05) is 129 Å². The van der Waals surface area contributed by atoms with Crippen molar-refractivity contribution in [2.75, 3.05) is 19.0 Å². The number of aldehydes is 1. The zero-order valence-corrected chi connectivity index (χ0v) is 62.3. The van der Waals surface area contributed by atoms with Crippen LogP contribution >= 0.6 is 51.6 Å². The monoisotopic (exact) mass is 1430 g/mol. The van der Waals surface area contributed by atoms with Crippen molar-refractivity contribution in [1.29, 1.82) is 0 Å². The summed E-state index contributed by atoms with van der Waals surface area (Å²) < 4.78 is 17.6. The van der Waals surface area contributed by atoms with E-state index < -0.39 is 0 Å². The van der Waals surface area contributed by atoms with Crippen LogP contribution in [0.4, 0.5) is 0 Å². The van der Waals surface area contributed by atoms with Crippen LogP contribution in [0.2, 0.25) is 0 Å². The first-order valence-corrected chi connectivity index (χ1v) is 33.7. The number of alkyl halides is 1. The molecule has 8 nitrogen and oxygen atoms in total. The van der Waals surface area contributed by atoms with Crippen molar-refractivity contribution in [1.82, 2.24) is 9.80 Å². The van der Waals surface area contributed by atoms with E-state index in [1.165, 1.54) is 22.3 Å². The Labute approximate surface area is 579 Å². The molecular formula is C60H79ClI2N2O6Rb2V-2. The van der Waals surface area contributed by atoms with E-state index in [-0.39, 0.29) is 133 Å². The molecule has 0 saturated heterocycles. The summed E-state index contributed by atoms with van der Waals surface area (Å²) in [6.45, 7) is 25.1. The standard InChI is InChI=1S/C23H32NO.C15H15O.C14H12O2.C8H18ClN.2HI.2H2O.2Rb.V/c1-6-20-12-14-22(15-13-20)25-23(21-10-8-7-9-11-21)16-17-24(18(2)3)19(4)5;1-2-13-8-10-15(11-9-13)16-12-14-6-4-3-5-7-14;15-10-12-6-8-14(9-7-12)16-11-13-4-2-1-3-5-13;1-7(2)10(6-5-9)8(3)4;;;;;;;/h6-15,18-19,23H,16-17H2,1-5H3;2-11H,12H2,1H3;1-10H,11H2;7-8H,5-6H2,1-4H3;2*1H;2*1H2;;;/q2*-1;;;;;;;2*+1;+2/p-4. The molecule has 0 amide bonds. The first-order valence-electron chi connectivity index (χ1n) is 24.2. The predicted octanol–water partition coefficient (Wildman–Crippen LogP) is 10.6. The molecule has 395 valence electrons. The molecule has 0 bridgehead atoms. The number of rotatable bonds is 21. The van der Waals surface area contributed by atoms with Crippen molar-refractivity contribution >= 4 is 57.8 Å². The molecule has 14 heteroatoms. The molecule has 0 fully saturated rings. The molecule has 0 saturated carbocycles. The second kappa shape index (κ2) is 48.8. The number of benzene rings is 6. The molecule has 0 aromatic heterocycles. The number of halogens is 3. The molecule has 0 aliphatic carbocycles. The number of carbonyl (C=O) groups is 1. The van der Waals surface area contributed by atoms with E-state index in [0.717, 1.165) is 54.5 Å². The SMILES string of the molecule is CC(C)N(CCCl)C(C)C.C[CH-]c1ccc(OC(CCN(C(C)C)C(C)C)c2ccccc2)cc1.C[CH-]c1ccc(OCc2ccccc2)cc1.O=Cc1ccc(OCc2ccccc2)cc1.[I][V][I].[OH-].[OH-].[Rb+].[Rb+]. The molecule has 1 atom stereocenters. The fourth-order valence-electron chi connectivity index (χ4n) is 7.33. The van der Waals surface area contributed by atoms with E-state index in [1.54, 1.807) is 24.3 Å². The van der Waals surface area contributed by atoms with Crippen molar-refractivity contribution in [3.63, 3.8) is 0 Å². The number of hydrogen-bond acceptors (Lipinski definition) is 8. The van der Waals surface area contributed by atoms with Gasteiger partial charge in [-0.15, -0.1) is 11.6 Å². The van der Waals surface area contributed by atoms with Crippen molar-refractivity contribution in [2.45, 2.75) is 119 Å². The summed E-state index contributed by atoms with van der Waals surface area (Å²) in [4.78, 5) is 15.4. The van der Waals surface area contributed by atoms with Crippen molar-refractivity contribution in [3.05, 3.63) is 210 Å². The zero-order chi connectivity index (χ0) is 51.5. The van der Waals surface area contributed by atoms with Gasteiger partial charge in [-0.25, -0.2) is 0 Å². The van der Waals surface area contributed by atoms with Crippen LogP contribution in [-0.2, 0) is 22.7 Å². The molecule has 1 unspecified atom stereocenters. The molecule has 2 N–H and O–H groups in total. The summed E-state index contributed by atoms with van der Waals surface area (Å²) in [5.74, 6) is 3.35. The minimum absolute atomic E-state index is 0. The molecule has 6 aromatic carbocycles. The molecule has 0 heterocycles. The van der Waals surface area contributed by atoms with Gasteiger partial charge in [-0.05, 0) is 96.3 Å². The van der Waals surface area contributed by atoms with E-state index in [9.17, 15) is 4.79 Å². The van der Waals surface area contributed by atoms with Crippen LogP contribution in [0.25, 0.3) is 0 Å². The molecule has 6 rings (SSSR count). The van der Waals surface area contributed by atoms with Crippen LogP contribution in [0.5, 0.6) is 17.2 Å². The van der Waals surface area contributed by atoms with Crippen molar-refractivity contribution in [2.24, 2.45) is 0 Å². The summed E-state index contributed by atoms with van der Waals surface area (Å²) >= 11 is 10.4. The minimum Gasteiger partial charge on any atom is -0.870 e. The summed E-state index contributed by atoms with van der Waals surface area (Å²) in [6, 6.07) is 56.5. The van der Waals surface area contributed by atoms with Crippen molar-refractivity contribution in [3.8, 4) is 17.2 Å². The fourth-order valence-corrected chi connectivity index (χ4v) is 7.53. The maximum Gasteiger partial charge on any atom is 1.00 e. The molecule has 74 heavy (non-hydrogen) atoms. The Balaban J connectivity index is -0.000000913. The Morgan fingerprint density at radius 3 is 1.19 bits per heavy atom. The largest absolute Gasteiger partial charge is 1.00 e. The molecular weight excluding hydrogens is 1360 g/mol. The van der Waals surface area contributed by atoms with Crippen LogP contribution in [0.15, 0.2) is 164 Å². The van der Waals surface area contributed by atoms with Gasteiger partial charge in [0.15, 0.2) is 0 Å². The van der Waals surface area contributed by atoms with Crippen molar-refractivity contribution < 1.29 is 156 Å². The van der Waals surface area contributed by atoms with Gasteiger partial charge in [-0.3, -0.25) is 14.6 Å². The van der Waals surface area contributed by atoms with Gasteiger partial charge >= 0.3 is 166 Å². The minimum atomic E-state index is 0. The van der Waals surface area contributed by atoms with Gasteiger partial charge < -0.3 is 25.2 Å². The van der Waals surface area contributed by atoms with E-state index >= 15 is 0 Å². The van der Waals surface area contributed by atoms with E-state index in [2.05, 4.69) is 204 Å². The Kier molecular flexibility index (Phi) is 51.5. The van der Waals surface area contributed by atoms with Crippen LogP contribution in [0, 0.1) is 12.8 Å². The molecule has 0 spiro atoms. The number of hydrogen-bond donors (Lipinski definition) is 0. The number of nitrogens with zero attached hydrogens (tertiary/aromatic N) is 2. The normalized spacial score (nSPS) is 10.3. The summed E-state index contributed by atoms with van der Waals surface area (Å²) in [7, 11) is 0.628.